The van der Waals surface area contributed by atoms with Crippen LogP contribution < -0.4 is 5.43 Å². The molecule has 0 aliphatic carbocycles. The van der Waals surface area contributed by atoms with E-state index in [0.717, 1.165) is 17.8 Å². The van der Waals surface area contributed by atoms with E-state index in [1.54, 1.807) is 10.7 Å². The third-order valence-electron chi connectivity index (χ3n) is 4.20. The van der Waals surface area contributed by atoms with E-state index in [1.807, 2.05) is 30.3 Å². The zero-order chi connectivity index (χ0) is 20.6. The zero-order valence-corrected chi connectivity index (χ0v) is 16.2. The molecule has 2 aromatic heterocycles. The Balaban J connectivity index is 1.88. The van der Waals surface area contributed by atoms with Crippen molar-refractivity contribution in [2.45, 2.75) is 6.18 Å². The van der Waals surface area contributed by atoms with E-state index in [1.165, 1.54) is 29.2 Å². The minimum Gasteiger partial charge on any atom is -0.286 e. The molecule has 29 heavy (non-hydrogen) atoms. The summed E-state index contributed by atoms with van der Waals surface area (Å²) >= 11 is 3.19. The number of nitrogens with zero attached hydrogens (tertiary/aromatic N) is 4. The Bertz CT molecular complexity index is 1230. The highest BCUT2D eigenvalue weighted by molar-refractivity contribution is 9.10. The number of hydrogen-bond acceptors (Lipinski definition) is 3. The molecule has 0 N–H and O–H groups in total. The number of halogens is 4. The third-order valence-corrected chi connectivity index (χ3v) is 4.76. The topological polar surface area (TPSA) is 52.7 Å². The maximum absolute atomic E-state index is 13.1. The molecule has 0 atom stereocenters. The van der Waals surface area contributed by atoms with Crippen LogP contribution in [0.2, 0.25) is 0 Å². The number of benzene rings is 2. The molecular weight excluding hydrogens is 449 g/mol. The summed E-state index contributed by atoms with van der Waals surface area (Å²) in [5.74, 6) is 0. The van der Waals surface area contributed by atoms with E-state index >= 15 is 0 Å². The van der Waals surface area contributed by atoms with E-state index in [9.17, 15) is 18.0 Å². The van der Waals surface area contributed by atoms with E-state index in [-0.39, 0.29) is 15.9 Å². The quantitative estimate of drug-likeness (QED) is 0.438. The molecule has 0 fully saturated rings. The molecule has 0 unspecified atom stereocenters. The maximum atomic E-state index is 13.1. The highest BCUT2D eigenvalue weighted by Crippen LogP contribution is 2.30. The van der Waals surface area contributed by atoms with Crippen molar-refractivity contribution in [1.82, 2.24) is 19.6 Å². The summed E-state index contributed by atoms with van der Waals surface area (Å²) in [6.07, 6.45) is -1.62. The van der Waals surface area contributed by atoms with Gasteiger partial charge in [0.2, 0.25) is 5.43 Å². The lowest BCUT2D eigenvalue weighted by Crippen LogP contribution is -2.17. The Labute approximate surface area is 171 Å². The monoisotopic (exact) mass is 460 g/mol. The Kier molecular flexibility index (Phi) is 4.83. The molecule has 4 aromatic rings. The molecule has 5 nitrogen and oxygen atoms in total. The summed E-state index contributed by atoms with van der Waals surface area (Å²) < 4.78 is 42.2. The lowest BCUT2D eigenvalue weighted by Gasteiger charge is -2.12. The van der Waals surface area contributed by atoms with Gasteiger partial charge in [-0.1, -0.05) is 24.3 Å². The number of alkyl halides is 3. The average molecular weight is 461 g/mol. The van der Waals surface area contributed by atoms with Crippen molar-refractivity contribution in [3.63, 3.8) is 0 Å². The smallest absolute Gasteiger partial charge is 0.286 e. The Morgan fingerprint density at radius 2 is 1.66 bits per heavy atom. The van der Waals surface area contributed by atoms with E-state index in [4.69, 9.17) is 0 Å². The second kappa shape index (κ2) is 7.32. The van der Waals surface area contributed by atoms with Crippen LogP contribution in [0.25, 0.3) is 22.8 Å². The van der Waals surface area contributed by atoms with Crippen molar-refractivity contribution in [1.29, 1.82) is 0 Å². The predicted octanol–water partition coefficient (Wildman–Crippen LogP) is 4.87. The van der Waals surface area contributed by atoms with Gasteiger partial charge in [0.15, 0.2) is 5.69 Å². The van der Waals surface area contributed by atoms with E-state index in [0.29, 0.717) is 5.69 Å². The molecule has 9 heteroatoms. The number of aromatic nitrogens is 4. The van der Waals surface area contributed by atoms with Gasteiger partial charge in [0.25, 0.3) is 0 Å². The first-order valence-corrected chi connectivity index (χ1v) is 9.21. The number of hydrogen-bond donors (Lipinski definition) is 0. The van der Waals surface area contributed by atoms with Gasteiger partial charge in [0.1, 0.15) is 0 Å². The van der Waals surface area contributed by atoms with Gasteiger partial charge in [-0.3, -0.25) is 4.79 Å². The van der Waals surface area contributed by atoms with Gasteiger partial charge in [0.05, 0.1) is 33.3 Å². The molecule has 0 saturated carbocycles. The van der Waals surface area contributed by atoms with Gasteiger partial charge in [-0.2, -0.15) is 23.4 Å². The van der Waals surface area contributed by atoms with E-state index in [2.05, 4.69) is 26.1 Å². The summed E-state index contributed by atoms with van der Waals surface area (Å²) in [5, 5.41) is 8.55. The minimum atomic E-state index is -4.49. The third kappa shape index (κ3) is 3.73. The van der Waals surface area contributed by atoms with Crippen molar-refractivity contribution in [3.8, 4) is 22.8 Å². The Hall–Kier alpha value is -3.20. The lowest BCUT2D eigenvalue weighted by atomic mass is 10.2. The molecule has 2 heterocycles. The van der Waals surface area contributed by atoms with Crippen molar-refractivity contribution < 1.29 is 13.2 Å². The van der Waals surface area contributed by atoms with Crippen LogP contribution in [0, 0.1) is 0 Å². The normalized spacial score (nSPS) is 11.6. The fourth-order valence-corrected chi connectivity index (χ4v) is 3.22. The largest absolute Gasteiger partial charge is 0.416 e. The van der Waals surface area contributed by atoms with Gasteiger partial charge < -0.3 is 0 Å². The van der Waals surface area contributed by atoms with Crippen LogP contribution in [0.5, 0.6) is 0 Å². The molecule has 2 aromatic carbocycles. The van der Waals surface area contributed by atoms with Gasteiger partial charge in [0, 0.05) is 6.20 Å². The van der Waals surface area contributed by atoms with Crippen LogP contribution in [0.1, 0.15) is 5.56 Å². The number of rotatable bonds is 3. The summed E-state index contributed by atoms with van der Waals surface area (Å²) in [7, 11) is 0. The SMILES string of the molecule is O=c1c(Br)cn(-c2cccc(C(F)(F)F)c2)nc1-c1ccnn1-c1ccccc1. The fourth-order valence-electron chi connectivity index (χ4n) is 2.84. The fraction of sp³-hybridized carbons (Fsp3) is 0.0500. The molecule has 146 valence electrons. The first kappa shape index (κ1) is 19.1. The highest BCUT2D eigenvalue weighted by atomic mass is 79.9. The van der Waals surface area contributed by atoms with Crippen molar-refractivity contribution in [2.75, 3.05) is 0 Å². The Morgan fingerprint density at radius 3 is 2.38 bits per heavy atom. The molecule has 0 radical (unpaired) electrons. The lowest BCUT2D eigenvalue weighted by molar-refractivity contribution is -0.137. The summed E-state index contributed by atoms with van der Waals surface area (Å²) in [6.45, 7) is 0. The van der Waals surface area contributed by atoms with Gasteiger partial charge >= 0.3 is 6.18 Å². The van der Waals surface area contributed by atoms with Crippen LogP contribution in [0.3, 0.4) is 0 Å². The van der Waals surface area contributed by atoms with Crippen LogP contribution in [0.4, 0.5) is 13.2 Å². The zero-order valence-electron chi connectivity index (χ0n) is 14.6. The van der Waals surface area contributed by atoms with Crippen LogP contribution in [0.15, 0.2) is 82.3 Å². The molecule has 0 bridgehead atoms. The molecule has 0 aliphatic heterocycles. The first-order chi connectivity index (χ1) is 13.8. The molecule has 0 saturated heterocycles. The second-order valence-corrected chi connectivity index (χ2v) is 6.97. The van der Waals surface area contributed by atoms with Crippen molar-refractivity contribution in [2.24, 2.45) is 0 Å². The van der Waals surface area contributed by atoms with Gasteiger partial charge in [-0.15, -0.1) is 0 Å². The minimum absolute atomic E-state index is 0.0538. The molecule has 0 aliphatic rings. The van der Waals surface area contributed by atoms with Gasteiger partial charge in [-0.25, -0.2) is 9.36 Å². The summed E-state index contributed by atoms with van der Waals surface area (Å²) in [5.41, 5.74) is 0.168. The second-order valence-electron chi connectivity index (χ2n) is 6.11. The van der Waals surface area contributed by atoms with Gasteiger partial charge in [-0.05, 0) is 52.3 Å². The maximum Gasteiger partial charge on any atom is 0.416 e. The van der Waals surface area contributed by atoms with Crippen molar-refractivity contribution >= 4 is 15.9 Å². The average Bonchev–Trinajstić information content (AvgIpc) is 3.20. The van der Waals surface area contributed by atoms with Crippen LogP contribution in [-0.4, -0.2) is 19.6 Å². The standard InChI is InChI=1S/C20H12BrF3N4O/c21-16-12-27(15-8-4-5-13(11-15)20(22,23)24)26-18(19(16)29)17-9-10-25-28(17)14-6-2-1-3-7-14/h1-12H. The molecule has 0 spiro atoms. The number of para-hydroxylation sites is 1. The predicted molar refractivity (Wildman–Crippen MR) is 105 cm³/mol. The highest BCUT2D eigenvalue weighted by Gasteiger charge is 2.30. The summed E-state index contributed by atoms with van der Waals surface area (Å²) in [4.78, 5) is 12.7. The van der Waals surface area contributed by atoms with Crippen LogP contribution in [-0.2, 0) is 6.18 Å². The molecule has 0 amide bonds. The molecular formula is C20H12BrF3N4O. The Morgan fingerprint density at radius 1 is 0.931 bits per heavy atom. The molecule has 4 rings (SSSR count). The van der Waals surface area contributed by atoms with Crippen LogP contribution >= 0.6 is 15.9 Å². The van der Waals surface area contributed by atoms with Crippen molar-refractivity contribution in [3.05, 3.63) is 93.3 Å². The summed E-state index contributed by atoms with van der Waals surface area (Å²) in [6, 6.07) is 15.5. The first-order valence-electron chi connectivity index (χ1n) is 8.41. The van der Waals surface area contributed by atoms with E-state index < -0.39 is 17.2 Å².